The molecular weight excluding hydrogens is 314 g/mol. The SMILES string of the molecule is COc1nc(NN)nc(OCc2ccccc2Br)n1. The van der Waals surface area contributed by atoms with E-state index in [2.05, 4.69) is 36.3 Å². The average Bonchev–Trinajstić information content (AvgIpc) is 2.46. The first-order valence-corrected chi connectivity index (χ1v) is 6.15. The van der Waals surface area contributed by atoms with Gasteiger partial charge < -0.3 is 9.47 Å². The zero-order valence-electron chi connectivity index (χ0n) is 10.1. The lowest BCUT2D eigenvalue weighted by atomic mass is 10.2. The third-order valence-electron chi connectivity index (χ3n) is 2.22. The van der Waals surface area contributed by atoms with Crippen molar-refractivity contribution in [3.63, 3.8) is 0 Å². The lowest BCUT2D eigenvalue weighted by Crippen LogP contribution is -2.13. The Bertz CT molecular complexity index is 544. The molecular formula is C11H12BrN5O2. The number of nitrogens with one attached hydrogen (secondary N) is 1. The minimum Gasteiger partial charge on any atom is -0.467 e. The quantitative estimate of drug-likeness (QED) is 0.635. The predicted molar refractivity (Wildman–Crippen MR) is 72.7 cm³/mol. The molecule has 0 saturated heterocycles. The third-order valence-corrected chi connectivity index (χ3v) is 2.99. The van der Waals surface area contributed by atoms with Gasteiger partial charge >= 0.3 is 12.0 Å². The van der Waals surface area contributed by atoms with Crippen molar-refractivity contribution < 1.29 is 9.47 Å². The van der Waals surface area contributed by atoms with Crippen LogP contribution in [0.3, 0.4) is 0 Å². The first-order valence-electron chi connectivity index (χ1n) is 5.36. The second-order valence-corrected chi connectivity index (χ2v) is 4.31. The van der Waals surface area contributed by atoms with Gasteiger partial charge in [-0.1, -0.05) is 34.1 Å². The van der Waals surface area contributed by atoms with E-state index in [1.807, 2.05) is 24.3 Å². The molecule has 8 heteroatoms. The molecule has 0 amide bonds. The summed E-state index contributed by atoms with van der Waals surface area (Å²) in [6.07, 6.45) is 0. The number of anilines is 1. The fraction of sp³-hybridized carbons (Fsp3) is 0.182. The molecule has 0 aliphatic carbocycles. The summed E-state index contributed by atoms with van der Waals surface area (Å²) in [7, 11) is 1.45. The minimum atomic E-state index is 0.130. The summed E-state index contributed by atoms with van der Waals surface area (Å²) in [5, 5.41) is 0. The normalized spacial score (nSPS) is 10.1. The highest BCUT2D eigenvalue weighted by atomic mass is 79.9. The van der Waals surface area contributed by atoms with E-state index in [1.54, 1.807) is 0 Å². The Morgan fingerprint density at radius 1 is 1.21 bits per heavy atom. The molecule has 0 fully saturated rings. The van der Waals surface area contributed by atoms with Crippen LogP contribution in [0.1, 0.15) is 5.56 Å². The molecule has 0 atom stereocenters. The van der Waals surface area contributed by atoms with Gasteiger partial charge in [0.15, 0.2) is 0 Å². The molecule has 0 radical (unpaired) electrons. The number of hydrogen-bond acceptors (Lipinski definition) is 7. The molecule has 1 aromatic heterocycles. The largest absolute Gasteiger partial charge is 0.467 e. The summed E-state index contributed by atoms with van der Waals surface area (Å²) < 4.78 is 11.4. The number of nitrogens with two attached hydrogens (primary N) is 1. The summed E-state index contributed by atoms with van der Waals surface area (Å²) in [5.74, 6) is 5.43. The van der Waals surface area contributed by atoms with Crippen molar-refractivity contribution in [1.82, 2.24) is 15.0 Å². The van der Waals surface area contributed by atoms with Crippen molar-refractivity contribution in [3.05, 3.63) is 34.3 Å². The number of nitrogens with zero attached hydrogens (tertiary/aromatic N) is 3. The Balaban J connectivity index is 2.13. The van der Waals surface area contributed by atoms with Crippen LogP contribution in [0.2, 0.25) is 0 Å². The molecule has 2 aromatic rings. The molecule has 1 heterocycles. The van der Waals surface area contributed by atoms with Crippen molar-refractivity contribution in [2.75, 3.05) is 12.5 Å². The van der Waals surface area contributed by atoms with E-state index in [1.165, 1.54) is 7.11 Å². The number of rotatable bonds is 5. The van der Waals surface area contributed by atoms with Crippen molar-refractivity contribution in [3.8, 4) is 12.0 Å². The van der Waals surface area contributed by atoms with Crippen molar-refractivity contribution >= 4 is 21.9 Å². The molecule has 3 N–H and O–H groups in total. The second kappa shape index (κ2) is 6.30. The van der Waals surface area contributed by atoms with Gasteiger partial charge in [-0.15, -0.1) is 4.98 Å². The lowest BCUT2D eigenvalue weighted by Gasteiger charge is -2.08. The fourth-order valence-electron chi connectivity index (χ4n) is 1.32. The van der Waals surface area contributed by atoms with E-state index in [4.69, 9.17) is 15.3 Å². The molecule has 1 aromatic carbocycles. The first kappa shape index (κ1) is 13.5. The minimum absolute atomic E-state index is 0.130. The molecule has 0 bridgehead atoms. The van der Waals surface area contributed by atoms with Gasteiger partial charge in [-0.25, -0.2) is 5.84 Å². The van der Waals surface area contributed by atoms with Crippen molar-refractivity contribution in [1.29, 1.82) is 0 Å². The van der Waals surface area contributed by atoms with E-state index in [9.17, 15) is 0 Å². The Morgan fingerprint density at radius 3 is 2.63 bits per heavy atom. The Labute approximate surface area is 118 Å². The number of nitrogen functional groups attached to an aromatic ring is 1. The van der Waals surface area contributed by atoms with Gasteiger partial charge in [0.25, 0.3) is 0 Å². The smallest absolute Gasteiger partial charge is 0.324 e. The van der Waals surface area contributed by atoms with Crippen LogP contribution >= 0.6 is 15.9 Å². The maximum atomic E-state index is 5.49. The van der Waals surface area contributed by atoms with Gasteiger partial charge in [0.05, 0.1) is 7.11 Å². The van der Waals surface area contributed by atoms with E-state index in [0.717, 1.165) is 10.0 Å². The highest BCUT2D eigenvalue weighted by Crippen LogP contribution is 2.18. The van der Waals surface area contributed by atoms with Gasteiger partial charge in [0, 0.05) is 10.0 Å². The molecule has 0 spiro atoms. The molecule has 0 saturated carbocycles. The van der Waals surface area contributed by atoms with Gasteiger partial charge in [-0.05, 0) is 6.07 Å². The zero-order chi connectivity index (χ0) is 13.7. The van der Waals surface area contributed by atoms with Crippen LogP contribution < -0.4 is 20.7 Å². The topological polar surface area (TPSA) is 95.2 Å². The first-order chi connectivity index (χ1) is 9.22. The lowest BCUT2D eigenvalue weighted by molar-refractivity contribution is 0.270. The molecule has 0 aliphatic rings. The highest BCUT2D eigenvalue weighted by molar-refractivity contribution is 9.10. The van der Waals surface area contributed by atoms with Crippen LogP contribution in [-0.4, -0.2) is 22.1 Å². The van der Waals surface area contributed by atoms with E-state index >= 15 is 0 Å². The molecule has 2 rings (SSSR count). The number of halogens is 1. The summed E-state index contributed by atoms with van der Waals surface area (Å²) in [4.78, 5) is 11.8. The van der Waals surface area contributed by atoms with Gasteiger partial charge in [-0.2, -0.15) is 9.97 Å². The average molecular weight is 326 g/mol. The Kier molecular flexibility index (Phi) is 4.48. The number of hydrogen-bond donors (Lipinski definition) is 2. The highest BCUT2D eigenvalue weighted by Gasteiger charge is 2.08. The molecule has 19 heavy (non-hydrogen) atoms. The summed E-state index contributed by atoms with van der Waals surface area (Å²) in [5.41, 5.74) is 3.30. The summed E-state index contributed by atoms with van der Waals surface area (Å²) in [6, 6.07) is 7.98. The number of benzene rings is 1. The standard InChI is InChI=1S/C11H12BrN5O2/c1-18-10-14-9(17-13)15-11(16-10)19-6-7-4-2-3-5-8(7)12/h2-5H,6,13H2,1H3,(H,14,15,16,17). The van der Waals surface area contributed by atoms with Crippen LogP contribution in [0.25, 0.3) is 0 Å². The molecule has 7 nitrogen and oxygen atoms in total. The maximum Gasteiger partial charge on any atom is 0.324 e. The van der Waals surface area contributed by atoms with Crippen LogP contribution in [0.5, 0.6) is 12.0 Å². The number of ether oxygens (including phenoxy) is 2. The molecule has 0 aliphatic heterocycles. The fourth-order valence-corrected chi connectivity index (χ4v) is 1.72. The summed E-state index contributed by atoms with van der Waals surface area (Å²) >= 11 is 3.44. The number of hydrazine groups is 1. The molecule has 0 unspecified atom stereocenters. The number of aromatic nitrogens is 3. The Hall–Kier alpha value is -1.93. The third kappa shape index (κ3) is 3.52. The second-order valence-electron chi connectivity index (χ2n) is 3.45. The van der Waals surface area contributed by atoms with E-state index < -0.39 is 0 Å². The van der Waals surface area contributed by atoms with E-state index in [-0.39, 0.29) is 18.0 Å². The van der Waals surface area contributed by atoms with E-state index in [0.29, 0.717) is 6.61 Å². The van der Waals surface area contributed by atoms with Gasteiger partial charge in [0.1, 0.15) is 6.61 Å². The van der Waals surface area contributed by atoms with Crippen LogP contribution in [0, 0.1) is 0 Å². The van der Waals surface area contributed by atoms with Crippen molar-refractivity contribution in [2.45, 2.75) is 6.61 Å². The monoisotopic (exact) mass is 325 g/mol. The van der Waals surface area contributed by atoms with Gasteiger partial charge in [-0.3, -0.25) is 5.43 Å². The molecule has 100 valence electrons. The van der Waals surface area contributed by atoms with Crippen LogP contribution in [0.15, 0.2) is 28.7 Å². The van der Waals surface area contributed by atoms with Gasteiger partial charge in [0.2, 0.25) is 5.95 Å². The van der Waals surface area contributed by atoms with Crippen LogP contribution in [0.4, 0.5) is 5.95 Å². The summed E-state index contributed by atoms with van der Waals surface area (Å²) in [6.45, 7) is 0.318. The zero-order valence-corrected chi connectivity index (χ0v) is 11.7. The Morgan fingerprint density at radius 2 is 1.95 bits per heavy atom. The maximum absolute atomic E-state index is 5.49. The predicted octanol–water partition coefficient (Wildman–Crippen LogP) is 1.51. The van der Waals surface area contributed by atoms with Crippen molar-refractivity contribution in [2.24, 2.45) is 5.84 Å². The van der Waals surface area contributed by atoms with Crippen LogP contribution in [-0.2, 0) is 6.61 Å². The number of methoxy groups -OCH3 is 1.